The molecule has 204 valence electrons. The van der Waals surface area contributed by atoms with E-state index in [0.717, 1.165) is 37.9 Å². The van der Waals surface area contributed by atoms with Gasteiger partial charge in [0, 0.05) is 5.56 Å². The molecule has 6 N–H and O–H groups in total. The van der Waals surface area contributed by atoms with E-state index in [-0.39, 0.29) is 17.1 Å². The summed E-state index contributed by atoms with van der Waals surface area (Å²) >= 11 is 0. The van der Waals surface area contributed by atoms with Crippen LogP contribution in [0.3, 0.4) is 0 Å². The Morgan fingerprint density at radius 1 is 0.902 bits per heavy atom. The third-order valence-corrected chi connectivity index (χ3v) is 8.45. The average molecular weight is 549 g/mol. The van der Waals surface area contributed by atoms with Crippen LogP contribution in [0.5, 0.6) is 0 Å². The molecule has 10 heteroatoms. The van der Waals surface area contributed by atoms with Crippen molar-refractivity contribution in [2.24, 2.45) is 0 Å². The van der Waals surface area contributed by atoms with Gasteiger partial charge in [-0.25, -0.2) is 4.57 Å². The number of fused-ring (bicyclic) bond motifs is 3. The van der Waals surface area contributed by atoms with Gasteiger partial charge in [-0.05, 0) is 43.1 Å². The third kappa shape index (κ3) is 3.36. The number of nitrogens with one attached hydrogen (secondary N) is 1. The van der Waals surface area contributed by atoms with Crippen molar-refractivity contribution in [2.45, 2.75) is 31.1 Å². The average Bonchev–Trinajstić information content (AvgIpc) is 3.48. The Labute approximate surface area is 231 Å². The largest absolute Gasteiger partial charge is 0.394 e. The van der Waals surface area contributed by atoms with Gasteiger partial charge in [0.05, 0.1) is 13.2 Å². The monoisotopic (exact) mass is 548 g/mol. The molecule has 1 fully saturated rings. The predicted octanol–water partition coefficient (Wildman–Crippen LogP) is 2.30. The smallest absolute Gasteiger partial charge is 0.313 e. The van der Waals surface area contributed by atoms with Crippen molar-refractivity contribution >= 4 is 60.2 Å². The van der Waals surface area contributed by atoms with Crippen LogP contribution in [0.1, 0.15) is 11.8 Å². The Bertz CT molecular complexity index is 2190. The number of hydrogen-bond donors (Lipinski definition) is 5. The molecule has 0 saturated carbocycles. The Kier molecular flexibility index (Phi) is 5.13. The first-order valence-corrected chi connectivity index (χ1v) is 13.4. The number of aromatic nitrogens is 4. The van der Waals surface area contributed by atoms with Crippen LogP contribution in [0.4, 0.5) is 5.95 Å². The molecule has 2 aromatic heterocycles. The van der Waals surface area contributed by atoms with Gasteiger partial charge in [0.25, 0.3) is 11.5 Å². The van der Waals surface area contributed by atoms with Gasteiger partial charge in [-0.2, -0.15) is 0 Å². The minimum absolute atomic E-state index is 0.0890. The minimum Gasteiger partial charge on any atom is -0.394 e. The van der Waals surface area contributed by atoms with E-state index in [2.05, 4.69) is 64.6 Å². The number of aliphatic hydroxyl groups is 3. The fourth-order valence-corrected chi connectivity index (χ4v) is 6.61. The summed E-state index contributed by atoms with van der Waals surface area (Å²) in [6.45, 7) is -0.166. The van der Waals surface area contributed by atoms with E-state index in [9.17, 15) is 20.1 Å². The van der Waals surface area contributed by atoms with E-state index >= 15 is 0 Å². The zero-order chi connectivity index (χ0) is 28.0. The molecular formula is C31H26N5O5+. The molecule has 7 aromatic rings. The standard InChI is InChI=1S/C31H25N5O5/c32-31-33-28-25(29(40)34-31)35(14-36(28)30-27(39)26(38)22(13-37)41-30)12-21-18-7-2-1-6-17(18)19-10-8-15-4-3-5-16-9-11-20(21)24(19)23(15)16/h1-11,14,22,26-27,30,37-39H,12-13H2,(H2-,32,33,34,40)/p+1/t22-,26-,27-,30-/m1/s1. The number of nitrogen functional groups attached to an aromatic ring is 1. The molecule has 0 radical (unpaired) electrons. The molecular weight excluding hydrogens is 522 g/mol. The highest BCUT2D eigenvalue weighted by Crippen LogP contribution is 2.41. The van der Waals surface area contributed by atoms with Crippen LogP contribution < -0.4 is 15.9 Å². The van der Waals surface area contributed by atoms with Crippen LogP contribution in [0.2, 0.25) is 0 Å². The number of benzene rings is 5. The Balaban J connectivity index is 1.41. The number of aromatic amines is 1. The summed E-state index contributed by atoms with van der Waals surface area (Å²) < 4.78 is 9.07. The number of imidazole rings is 1. The van der Waals surface area contributed by atoms with Crippen LogP contribution >= 0.6 is 0 Å². The number of nitrogens with two attached hydrogens (primary N) is 1. The number of hydrogen-bond acceptors (Lipinski definition) is 7. The van der Waals surface area contributed by atoms with Gasteiger partial charge in [-0.1, -0.05) is 71.7 Å². The highest BCUT2D eigenvalue weighted by molar-refractivity contribution is 6.30. The maximum absolute atomic E-state index is 13.3. The second kappa shape index (κ2) is 8.69. The lowest BCUT2D eigenvalue weighted by Crippen LogP contribution is -2.46. The van der Waals surface area contributed by atoms with E-state index in [1.54, 1.807) is 10.9 Å². The first-order valence-electron chi connectivity index (χ1n) is 13.4. The van der Waals surface area contributed by atoms with Gasteiger partial charge in [0.2, 0.25) is 11.7 Å². The van der Waals surface area contributed by atoms with Gasteiger partial charge in [0.1, 0.15) is 18.3 Å². The Morgan fingerprint density at radius 3 is 2.37 bits per heavy atom. The van der Waals surface area contributed by atoms with Crippen molar-refractivity contribution in [1.29, 1.82) is 0 Å². The number of nitrogens with zero attached hydrogens (tertiary/aromatic N) is 3. The highest BCUT2D eigenvalue weighted by atomic mass is 16.6. The van der Waals surface area contributed by atoms with Crippen molar-refractivity contribution < 1.29 is 24.6 Å². The quantitative estimate of drug-likeness (QED) is 0.129. The SMILES string of the molecule is Nc1nc2c(c(=O)[nH]1)n(Cc1c3ccccc3c3ccc4cccc5ccc1c3c54)c[n+]2[C@@H]1O[C@H](CO)[C@@H](O)[C@H]1O. The van der Waals surface area contributed by atoms with Crippen LogP contribution in [0.25, 0.3) is 54.3 Å². The number of anilines is 1. The second-order valence-electron chi connectivity index (χ2n) is 10.7. The highest BCUT2D eigenvalue weighted by Gasteiger charge is 2.46. The van der Waals surface area contributed by atoms with Gasteiger partial charge < -0.3 is 25.8 Å². The lowest BCUT2D eigenvalue weighted by Gasteiger charge is -2.17. The lowest BCUT2D eigenvalue weighted by atomic mass is 9.87. The molecule has 8 rings (SSSR count). The molecule has 0 amide bonds. The Hall–Kier alpha value is -4.61. The zero-order valence-electron chi connectivity index (χ0n) is 21.7. The number of H-pyrrole nitrogens is 1. The maximum atomic E-state index is 13.3. The van der Waals surface area contributed by atoms with Gasteiger partial charge in [0.15, 0.2) is 6.33 Å². The molecule has 1 saturated heterocycles. The second-order valence-corrected chi connectivity index (χ2v) is 10.7. The Morgan fingerprint density at radius 2 is 1.63 bits per heavy atom. The lowest BCUT2D eigenvalue weighted by molar-refractivity contribution is -0.746. The van der Waals surface area contributed by atoms with Crippen molar-refractivity contribution in [2.75, 3.05) is 12.3 Å². The molecule has 10 nitrogen and oxygen atoms in total. The summed E-state index contributed by atoms with van der Waals surface area (Å²) in [6.07, 6.45) is -3.08. The van der Waals surface area contributed by atoms with Gasteiger partial charge in [-0.15, -0.1) is 0 Å². The number of ether oxygens (including phenoxy) is 1. The minimum atomic E-state index is -1.35. The third-order valence-electron chi connectivity index (χ3n) is 8.45. The van der Waals surface area contributed by atoms with Crippen molar-refractivity contribution in [3.63, 3.8) is 0 Å². The zero-order valence-corrected chi connectivity index (χ0v) is 21.7. The molecule has 0 bridgehead atoms. The van der Waals surface area contributed by atoms with Crippen LogP contribution in [-0.2, 0) is 11.3 Å². The topological polar surface area (TPSA) is 150 Å². The van der Waals surface area contributed by atoms with Crippen LogP contribution in [0.15, 0.2) is 77.9 Å². The summed E-state index contributed by atoms with van der Waals surface area (Å²) in [6, 6.07) is 23.1. The summed E-state index contributed by atoms with van der Waals surface area (Å²) in [5.41, 5.74) is 6.94. The molecule has 1 aliphatic heterocycles. The van der Waals surface area contributed by atoms with Crippen molar-refractivity contribution in [1.82, 2.24) is 14.5 Å². The molecule has 4 atom stereocenters. The van der Waals surface area contributed by atoms with Gasteiger partial charge >= 0.3 is 5.65 Å². The summed E-state index contributed by atoms with van der Waals surface area (Å²) in [4.78, 5) is 20.3. The normalized spacial score (nSPS) is 21.3. The number of rotatable bonds is 4. The van der Waals surface area contributed by atoms with E-state index in [4.69, 9.17) is 10.5 Å². The van der Waals surface area contributed by atoms with E-state index < -0.39 is 36.7 Å². The first-order chi connectivity index (χ1) is 19.9. The summed E-state index contributed by atoms with van der Waals surface area (Å²) in [7, 11) is 0. The molecule has 1 aliphatic rings. The van der Waals surface area contributed by atoms with E-state index in [1.807, 2.05) is 12.1 Å². The fraction of sp³-hybridized carbons (Fsp3) is 0.194. The molecule has 0 aliphatic carbocycles. The molecule has 41 heavy (non-hydrogen) atoms. The van der Waals surface area contributed by atoms with Gasteiger partial charge in [-0.3, -0.25) is 14.3 Å². The van der Waals surface area contributed by atoms with Crippen molar-refractivity contribution in [3.05, 3.63) is 89.0 Å². The van der Waals surface area contributed by atoms with Crippen LogP contribution in [-0.4, -0.2) is 54.8 Å². The first kappa shape index (κ1) is 24.2. The summed E-state index contributed by atoms with van der Waals surface area (Å²) in [5, 5.41) is 39.9. The molecule has 0 unspecified atom stereocenters. The van der Waals surface area contributed by atoms with E-state index in [0.29, 0.717) is 6.54 Å². The molecule has 0 spiro atoms. The fourth-order valence-electron chi connectivity index (χ4n) is 6.61. The summed E-state index contributed by atoms with van der Waals surface area (Å²) in [5.74, 6) is -0.0890. The van der Waals surface area contributed by atoms with Crippen molar-refractivity contribution in [3.8, 4) is 0 Å². The van der Waals surface area contributed by atoms with Crippen LogP contribution in [0, 0.1) is 0 Å². The number of aliphatic hydroxyl groups excluding tert-OH is 3. The predicted molar refractivity (Wildman–Crippen MR) is 155 cm³/mol. The molecule has 3 heterocycles. The molecule has 5 aromatic carbocycles. The maximum Gasteiger partial charge on any atom is 0.313 e. The van der Waals surface area contributed by atoms with E-state index in [1.165, 1.54) is 15.3 Å².